The fraction of sp³-hybridized carbons (Fsp3) is 0.267. The number of aryl methyl sites for hydroxylation is 1. The van der Waals surface area contributed by atoms with E-state index in [9.17, 15) is 19.8 Å². The lowest BCUT2D eigenvalue weighted by Crippen LogP contribution is -2.32. The first-order chi connectivity index (χ1) is 17.7. The standard InChI is InChI=1S/C30H32N2O5/c1-20-6-4-7-21(18-20)19-37-25-14-10-23(11-15-25)28(34)26-27(22-8-12-24(33)13-9-22)32(30(36)29(26)35)17-5-16-31(2)3/h4,6-15,18,27,33-34H,5,16-17,19H2,1-3H3/t27-/m1/s1. The van der Waals surface area contributed by atoms with E-state index >= 15 is 0 Å². The minimum atomic E-state index is -0.750. The molecule has 3 aromatic carbocycles. The highest BCUT2D eigenvalue weighted by Crippen LogP contribution is 2.40. The van der Waals surface area contributed by atoms with Crippen molar-refractivity contribution in [3.8, 4) is 11.5 Å². The lowest BCUT2D eigenvalue weighted by molar-refractivity contribution is -0.139. The highest BCUT2D eigenvalue weighted by Gasteiger charge is 2.45. The van der Waals surface area contributed by atoms with Crippen molar-refractivity contribution in [2.45, 2.75) is 26.0 Å². The number of phenolic OH excluding ortho intramolecular Hbond substituents is 1. The summed E-state index contributed by atoms with van der Waals surface area (Å²) in [5, 5.41) is 21.0. The normalized spacial score (nSPS) is 17.0. The fourth-order valence-corrected chi connectivity index (χ4v) is 4.50. The van der Waals surface area contributed by atoms with Crippen LogP contribution < -0.4 is 4.74 Å². The third-order valence-corrected chi connectivity index (χ3v) is 6.37. The summed E-state index contributed by atoms with van der Waals surface area (Å²) < 4.78 is 5.87. The second-order valence-electron chi connectivity index (χ2n) is 9.54. The van der Waals surface area contributed by atoms with Crippen LogP contribution >= 0.6 is 0 Å². The van der Waals surface area contributed by atoms with Gasteiger partial charge in [-0.15, -0.1) is 0 Å². The lowest BCUT2D eigenvalue weighted by Gasteiger charge is -2.26. The molecule has 1 fully saturated rings. The number of phenols is 1. The van der Waals surface area contributed by atoms with Gasteiger partial charge in [-0.2, -0.15) is 0 Å². The number of Topliss-reactive ketones (excluding diaryl/α,β-unsaturated/α-hetero) is 1. The number of aliphatic hydroxyl groups excluding tert-OH is 1. The summed E-state index contributed by atoms with van der Waals surface area (Å²) in [6.07, 6.45) is 0.668. The van der Waals surface area contributed by atoms with Gasteiger partial charge in [0.15, 0.2) is 0 Å². The second-order valence-corrected chi connectivity index (χ2v) is 9.54. The molecular weight excluding hydrogens is 468 g/mol. The Bertz CT molecular complexity index is 1300. The molecule has 192 valence electrons. The predicted molar refractivity (Wildman–Crippen MR) is 142 cm³/mol. The van der Waals surface area contributed by atoms with Crippen molar-refractivity contribution >= 4 is 17.4 Å². The number of carbonyl (C=O) groups excluding carboxylic acids is 2. The van der Waals surface area contributed by atoms with Crippen LogP contribution in [-0.2, 0) is 16.2 Å². The number of hydrogen-bond donors (Lipinski definition) is 2. The van der Waals surface area contributed by atoms with Crippen molar-refractivity contribution in [1.82, 2.24) is 9.80 Å². The van der Waals surface area contributed by atoms with Crippen molar-refractivity contribution in [2.75, 3.05) is 27.2 Å². The molecule has 0 saturated carbocycles. The molecule has 0 spiro atoms. The summed E-state index contributed by atoms with van der Waals surface area (Å²) in [5.41, 5.74) is 3.30. The number of rotatable bonds is 9. The Morgan fingerprint density at radius 2 is 1.70 bits per heavy atom. The van der Waals surface area contributed by atoms with Gasteiger partial charge in [-0.05, 0) is 81.5 Å². The number of benzene rings is 3. The van der Waals surface area contributed by atoms with Gasteiger partial charge < -0.3 is 24.7 Å². The van der Waals surface area contributed by atoms with Crippen LogP contribution in [0.5, 0.6) is 11.5 Å². The zero-order valence-electron chi connectivity index (χ0n) is 21.3. The van der Waals surface area contributed by atoms with E-state index < -0.39 is 17.7 Å². The minimum Gasteiger partial charge on any atom is -0.508 e. The summed E-state index contributed by atoms with van der Waals surface area (Å²) in [6.45, 7) is 3.54. The number of hydrogen-bond acceptors (Lipinski definition) is 6. The van der Waals surface area contributed by atoms with Gasteiger partial charge in [0.1, 0.15) is 23.9 Å². The molecule has 0 aliphatic carbocycles. The van der Waals surface area contributed by atoms with E-state index in [-0.39, 0.29) is 17.1 Å². The van der Waals surface area contributed by atoms with Crippen LogP contribution in [0.3, 0.4) is 0 Å². The molecule has 1 aliphatic rings. The van der Waals surface area contributed by atoms with Crippen molar-refractivity contribution in [1.29, 1.82) is 0 Å². The molecule has 3 aromatic rings. The second kappa shape index (κ2) is 11.3. The van der Waals surface area contributed by atoms with E-state index in [1.807, 2.05) is 44.1 Å². The first-order valence-electron chi connectivity index (χ1n) is 12.3. The molecule has 2 N–H and O–H groups in total. The molecule has 0 radical (unpaired) electrons. The Morgan fingerprint density at radius 1 is 1.00 bits per heavy atom. The summed E-state index contributed by atoms with van der Waals surface area (Å²) in [4.78, 5) is 29.7. The van der Waals surface area contributed by atoms with Crippen LogP contribution in [0.1, 0.15) is 34.7 Å². The molecular formula is C30H32N2O5. The Labute approximate surface area is 217 Å². The van der Waals surface area contributed by atoms with Crippen molar-refractivity contribution in [3.63, 3.8) is 0 Å². The van der Waals surface area contributed by atoms with Crippen molar-refractivity contribution < 1.29 is 24.5 Å². The smallest absolute Gasteiger partial charge is 0.295 e. The van der Waals surface area contributed by atoms with Crippen molar-refractivity contribution in [3.05, 3.63) is 101 Å². The average molecular weight is 501 g/mol. The monoisotopic (exact) mass is 500 g/mol. The molecule has 1 aliphatic heterocycles. The molecule has 0 aromatic heterocycles. The Balaban J connectivity index is 1.62. The maximum Gasteiger partial charge on any atom is 0.295 e. The van der Waals surface area contributed by atoms with Gasteiger partial charge in [-0.25, -0.2) is 0 Å². The topological polar surface area (TPSA) is 90.3 Å². The Kier molecular flexibility index (Phi) is 7.94. The molecule has 1 heterocycles. The zero-order chi connectivity index (χ0) is 26.5. The van der Waals surface area contributed by atoms with Gasteiger partial charge in [-0.3, -0.25) is 9.59 Å². The van der Waals surface area contributed by atoms with E-state index in [2.05, 4.69) is 6.07 Å². The van der Waals surface area contributed by atoms with Gasteiger partial charge in [0.25, 0.3) is 11.7 Å². The van der Waals surface area contributed by atoms with E-state index in [0.717, 1.165) is 17.7 Å². The first kappa shape index (κ1) is 26.0. The molecule has 1 atom stereocenters. The number of aliphatic hydroxyl groups is 1. The highest BCUT2D eigenvalue weighted by atomic mass is 16.5. The van der Waals surface area contributed by atoms with Crippen LogP contribution in [0, 0.1) is 6.92 Å². The summed E-state index contributed by atoms with van der Waals surface area (Å²) >= 11 is 0. The van der Waals surface area contributed by atoms with Gasteiger partial charge in [0, 0.05) is 12.1 Å². The number of likely N-dealkylation sites (tertiary alicyclic amines) is 1. The molecule has 7 nitrogen and oxygen atoms in total. The number of ether oxygens (including phenoxy) is 1. The molecule has 4 rings (SSSR count). The molecule has 0 unspecified atom stereocenters. The largest absolute Gasteiger partial charge is 0.508 e. The van der Waals surface area contributed by atoms with Gasteiger partial charge in [-0.1, -0.05) is 42.0 Å². The molecule has 7 heteroatoms. The molecule has 1 saturated heterocycles. The fourth-order valence-electron chi connectivity index (χ4n) is 4.50. The van der Waals surface area contributed by atoms with Crippen molar-refractivity contribution in [2.24, 2.45) is 0 Å². The molecule has 0 bridgehead atoms. The summed E-state index contributed by atoms with van der Waals surface area (Å²) in [6, 6.07) is 20.5. The summed E-state index contributed by atoms with van der Waals surface area (Å²) in [7, 11) is 3.89. The predicted octanol–water partition coefficient (Wildman–Crippen LogP) is 4.65. The van der Waals surface area contributed by atoms with Crippen LogP contribution in [0.2, 0.25) is 0 Å². The lowest BCUT2D eigenvalue weighted by atomic mass is 9.95. The highest BCUT2D eigenvalue weighted by molar-refractivity contribution is 6.46. The van der Waals surface area contributed by atoms with Crippen LogP contribution in [0.15, 0.2) is 78.4 Å². The van der Waals surface area contributed by atoms with E-state index in [4.69, 9.17) is 4.74 Å². The third kappa shape index (κ3) is 6.01. The number of ketones is 1. The van der Waals surface area contributed by atoms with E-state index in [0.29, 0.717) is 36.4 Å². The number of nitrogens with zero attached hydrogens (tertiary/aromatic N) is 2. The molecule has 1 amide bonds. The summed E-state index contributed by atoms with van der Waals surface area (Å²) in [5.74, 6) is -0.903. The van der Waals surface area contributed by atoms with Crippen LogP contribution in [0.4, 0.5) is 0 Å². The molecule has 37 heavy (non-hydrogen) atoms. The van der Waals surface area contributed by atoms with Crippen LogP contribution in [-0.4, -0.2) is 58.9 Å². The van der Waals surface area contributed by atoms with Gasteiger partial charge in [0.2, 0.25) is 0 Å². The average Bonchev–Trinajstić information content (AvgIpc) is 3.13. The van der Waals surface area contributed by atoms with Gasteiger partial charge in [0.05, 0.1) is 11.6 Å². The van der Waals surface area contributed by atoms with E-state index in [1.54, 1.807) is 36.4 Å². The van der Waals surface area contributed by atoms with Crippen LogP contribution in [0.25, 0.3) is 5.76 Å². The maximum atomic E-state index is 13.1. The third-order valence-electron chi connectivity index (χ3n) is 6.37. The Hall–Kier alpha value is -4.10. The number of aromatic hydroxyl groups is 1. The van der Waals surface area contributed by atoms with Gasteiger partial charge >= 0.3 is 0 Å². The SMILES string of the molecule is Cc1cccc(COc2ccc(C(O)=C3C(=O)C(=O)N(CCCN(C)C)[C@@H]3c3ccc(O)cc3)cc2)c1. The zero-order valence-corrected chi connectivity index (χ0v) is 21.3. The minimum absolute atomic E-state index is 0.0361. The quantitative estimate of drug-likeness (QED) is 0.253. The Morgan fingerprint density at radius 3 is 2.35 bits per heavy atom. The van der Waals surface area contributed by atoms with E-state index in [1.165, 1.54) is 17.0 Å². The number of carbonyl (C=O) groups is 2. The maximum absolute atomic E-state index is 13.1. The number of amides is 1. The first-order valence-corrected chi connectivity index (χ1v) is 12.3.